The normalized spacial score (nSPS) is 19.4. The third-order valence-corrected chi connectivity index (χ3v) is 3.82. The molecule has 2 aliphatic carbocycles. The van der Waals surface area contributed by atoms with E-state index in [2.05, 4.69) is 0 Å². The zero-order valence-electron chi connectivity index (χ0n) is 10.7. The molecule has 18 heavy (non-hydrogen) atoms. The molecule has 2 nitrogen and oxygen atoms in total. The van der Waals surface area contributed by atoms with Gasteiger partial charge in [-0.25, -0.2) is 4.39 Å². The summed E-state index contributed by atoms with van der Waals surface area (Å²) in [5.41, 5.74) is 0.563. The highest BCUT2D eigenvalue weighted by molar-refractivity contribution is 5.41. The topological polar surface area (TPSA) is 18.5 Å². The quantitative estimate of drug-likeness (QED) is 0.790. The van der Waals surface area contributed by atoms with E-state index < -0.39 is 0 Å². The Bertz CT molecular complexity index is 436. The molecule has 0 aliphatic heterocycles. The molecule has 0 N–H and O–H groups in total. The van der Waals surface area contributed by atoms with Crippen molar-refractivity contribution in [3.8, 4) is 11.5 Å². The van der Waals surface area contributed by atoms with Crippen LogP contribution in [0.3, 0.4) is 0 Å². The van der Waals surface area contributed by atoms with Crippen molar-refractivity contribution in [2.24, 2.45) is 5.92 Å². The van der Waals surface area contributed by atoms with Crippen molar-refractivity contribution in [3.63, 3.8) is 0 Å². The van der Waals surface area contributed by atoms with Crippen LogP contribution in [0.2, 0.25) is 0 Å². The van der Waals surface area contributed by atoms with Crippen LogP contribution in [-0.2, 0) is 0 Å². The molecular formula is C15H19FO2. The summed E-state index contributed by atoms with van der Waals surface area (Å²) in [4.78, 5) is 0. The smallest absolute Gasteiger partial charge is 0.171 e. The predicted octanol–water partition coefficient (Wildman–Crippen LogP) is 3.85. The summed E-state index contributed by atoms with van der Waals surface area (Å²) in [7, 11) is 0. The Morgan fingerprint density at radius 2 is 1.89 bits per heavy atom. The van der Waals surface area contributed by atoms with Crippen LogP contribution in [0.5, 0.6) is 11.5 Å². The lowest BCUT2D eigenvalue weighted by Gasteiger charge is -2.25. The first kappa shape index (κ1) is 11.8. The van der Waals surface area contributed by atoms with Crippen LogP contribution in [0.15, 0.2) is 12.1 Å². The lowest BCUT2D eigenvalue weighted by atomic mass is 9.86. The fraction of sp³-hybridized carbons (Fsp3) is 0.600. The first-order valence-corrected chi connectivity index (χ1v) is 6.82. The highest BCUT2D eigenvalue weighted by atomic mass is 19.1. The molecule has 2 saturated carbocycles. The molecule has 0 heterocycles. The minimum Gasteiger partial charge on any atom is -0.490 e. The van der Waals surface area contributed by atoms with E-state index in [0.717, 1.165) is 12.8 Å². The van der Waals surface area contributed by atoms with Gasteiger partial charge in [0, 0.05) is 5.56 Å². The fourth-order valence-electron chi connectivity index (χ4n) is 2.11. The average Bonchev–Trinajstić information content (AvgIpc) is 3.10. The second-order valence-corrected chi connectivity index (χ2v) is 5.43. The van der Waals surface area contributed by atoms with Gasteiger partial charge in [-0.15, -0.1) is 0 Å². The Balaban J connectivity index is 1.67. The Labute approximate surface area is 107 Å². The van der Waals surface area contributed by atoms with E-state index in [9.17, 15) is 4.39 Å². The molecule has 0 spiro atoms. The summed E-state index contributed by atoms with van der Waals surface area (Å²) in [5, 5.41) is 0. The highest BCUT2D eigenvalue weighted by Gasteiger charge is 2.25. The third kappa shape index (κ3) is 2.45. The third-order valence-electron chi connectivity index (χ3n) is 3.82. The summed E-state index contributed by atoms with van der Waals surface area (Å²) in [6.07, 6.45) is 6.17. The molecule has 1 aromatic rings. The van der Waals surface area contributed by atoms with Crippen molar-refractivity contribution in [2.75, 3.05) is 6.61 Å². The standard InChI is InChI=1S/C15H19FO2/c1-10-13(18-12-5-6-12)7-8-14(15(10)16)17-9-11-3-2-4-11/h7-8,11-12H,2-6,9H2,1H3. The van der Waals surface area contributed by atoms with Crippen molar-refractivity contribution in [3.05, 3.63) is 23.5 Å². The Hall–Kier alpha value is -1.25. The van der Waals surface area contributed by atoms with Crippen LogP contribution >= 0.6 is 0 Å². The summed E-state index contributed by atoms with van der Waals surface area (Å²) in [6, 6.07) is 3.52. The highest BCUT2D eigenvalue weighted by Crippen LogP contribution is 2.34. The van der Waals surface area contributed by atoms with E-state index in [1.165, 1.54) is 19.3 Å². The van der Waals surface area contributed by atoms with Crippen molar-refractivity contribution in [1.29, 1.82) is 0 Å². The van der Waals surface area contributed by atoms with Gasteiger partial charge >= 0.3 is 0 Å². The van der Waals surface area contributed by atoms with Gasteiger partial charge < -0.3 is 9.47 Å². The largest absolute Gasteiger partial charge is 0.490 e. The van der Waals surface area contributed by atoms with Gasteiger partial charge in [0.1, 0.15) is 5.75 Å². The molecule has 0 amide bonds. The monoisotopic (exact) mass is 250 g/mol. The molecule has 0 bridgehead atoms. The first-order valence-electron chi connectivity index (χ1n) is 6.82. The molecule has 0 aromatic heterocycles. The van der Waals surface area contributed by atoms with Crippen LogP contribution in [-0.4, -0.2) is 12.7 Å². The molecule has 0 saturated heterocycles. The summed E-state index contributed by atoms with van der Waals surface area (Å²) in [5.74, 6) is 1.37. The molecule has 0 atom stereocenters. The SMILES string of the molecule is Cc1c(OC2CC2)ccc(OCC2CCC2)c1F. The molecule has 2 fully saturated rings. The maximum Gasteiger partial charge on any atom is 0.171 e. The molecule has 0 unspecified atom stereocenters. The van der Waals surface area contributed by atoms with Gasteiger partial charge in [-0.3, -0.25) is 0 Å². The Kier molecular flexibility index (Phi) is 3.14. The number of hydrogen-bond donors (Lipinski definition) is 0. The fourth-order valence-corrected chi connectivity index (χ4v) is 2.11. The lowest BCUT2D eigenvalue weighted by molar-refractivity contribution is 0.175. The van der Waals surface area contributed by atoms with E-state index in [4.69, 9.17) is 9.47 Å². The predicted molar refractivity (Wildman–Crippen MR) is 67.6 cm³/mol. The van der Waals surface area contributed by atoms with Gasteiger partial charge in [0.2, 0.25) is 0 Å². The van der Waals surface area contributed by atoms with Crippen LogP contribution in [0, 0.1) is 18.7 Å². The van der Waals surface area contributed by atoms with E-state index in [-0.39, 0.29) is 5.82 Å². The van der Waals surface area contributed by atoms with E-state index in [1.54, 1.807) is 13.0 Å². The Morgan fingerprint density at radius 3 is 2.50 bits per heavy atom. The molecule has 3 rings (SSSR count). The minimum atomic E-state index is -0.271. The van der Waals surface area contributed by atoms with Gasteiger partial charge in [-0.05, 0) is 50.7 Å². The second kappa shape index (κ2) is 4.79. The molecule has 3 heteroatoms. The molecule has 98 valence electrons. The number of halogens is 1. The van der Waals surface area contributed by atoms with Crippen molar-refractivity contribution in [2.45, 2.75) is 45.1 Å². The number of benzene rings is 1. The van der Waals surface area contributed by atoms with Crippen LogP contribution in [0.25, 0.3) is 0 Å². The van der Waals surface area contributed by atoms with Crippen molar-refractivity contribution >= 4 is 0 Å². The summed E-state index contributed by atoms with van der Waals surface area (Å²) >= 11 is 0. The van der Waals surface area contributed by atoms with Gasteiger partial charge in [-0.1, -0.05) is 6.42 Å². The number of hydrogen-bond acceptors (Lipinski definition) is 2. The zero-order valence-corrected chi connectivity index (χ0v) is 10.7. The lowest BCUT2D eigenvalue weighted by Crippen LogP contribution is -2.19. The maximum atomic E-state index is 14.1. The van der Waals surface area contributed by atoms with Gasteiger partial charge in [0.25, 0.3) is 0 Å². The van der Waals surface area contributed by atoms with Gasteiger partial charge in [0.15, 0.2) is 11.6 Å². The Morgan fingerprint density at radius 1 is 1.17 bits per heavy atom. The van der Waals surface area contributed by atoms with Gasteiger partial charge in [-0.2, -0.15) is 0 Å². The van der Waals surface area contributed by atoms with E-state index in [1.807, 2.05) is 6.07 Å². The zero-order chi connectivity index (χ0) is 12.5. The maximum absolute atomic E-state index is 14.1. The van der Waals surface area contributed by atoms with E-state index >= 15 is 0 Å². The van der Waals surface area contributed by atoms with Crippen LogP contribution < -0.4 is 9.47 Å². The average molecular weight is 250 g/mol. The minimum absolute atomic E-state index is 0.271. The number of ether oxygens (including phenoxy) is 2. The van der Waals surface area contributed by atoms with Crippen molar-refractivity contribution < 1.29 is 13.9 Å². The first-order chi connectivity index (χ1) is 8.74. The van der Waals surface area contributed by atoms with Gasteiger partial charge in [0.05, 0.1) is 12.7 Å². The van der Waals surface area contributed by atoms with E-state index in [0.29, 0.717) is 35.7 Å². The van der Waals surface area contributed by atoms with Crippen LogP contribution in [0.1, 0.15) is 37.7 Å². The number of rotatable bonds is 5. The summed E-state index contributed by atoms with van der Waals surface area (Å²) < 4.78 is 25.3. The van der Waals surface area contributed by atoms with Crippen molar-refractivity contribution in [1.82, 2.24) is 0 Å². The molecule has 2 aliphatic rings. The molecule has 0 radical (unpaired) electrons. The summed E-state index contributed by atoms with van der Waals surface area (Å²) in [6.45, 7) is 2.39. The second-order valence-electron chi connectivity index (χ2n) is 5.43. The molecular weight excluding hydrogens is 231 g/mol. The van der Waals surface area contributed by atoms with Crippen LogP contribution in [0.4, 0.5) is 4.39 Å². The molecule has 1 aromatic carbocycles.